The van der Waals surface area contributed by atoms with Gasteiger partial charge in [0.2, 0.25) is 5.16 Å². The van der Waals surface area contributed by atoms with E-state index in [9.17, 15) is 0 Å². The summed E-state index contributed by atoms with van der Waals surface area (Å²) in [7, 11) is 3.45. The molecule has 0 fully saturated rings. The fourth-order valence-corrected chi connectivity index (χ4v) is 3.16. The molecule has 0 amide bonds. The Balaban J connectivity index is 0.00000312. The molecule has 0 atom stereocenters. The molecule has 25 heavy (non-hydrogen) atoms. The second-order valence-electron chi connectivity index (χ2n) is 4.99. The van der Waals surface area contributed by atoms with Crippen LogP contribution in [-0.2, 0) is 13.6 Å². The smallest absolute Gasteiger partial charge is 0.209 e. The molecular formula is C15H23Cl2N5O2S. The Kier molecular flexibility index (Phi) is 9.96. The van der Waals surface area contributed by atoms with Crippen molar-refractivity contribution in [1.82, 2.24) is 25.5 Å². The number of hydrogen-bond donors (Lipinski definition) is 1. The number of aromatic nitrogens is 4. The minimum Gasteiger partial charge on any atom is -0.493 e. The molecule has 0 unspecified atom stereocenters. The van der Waals surface area contributed by atoms with E-state index in [1.165, 1.54) is 0 Å². The van der Waals surface area contributed by atoms with Crippen molar-refractivity contribution in [1.29, 1.82) is 0 Å². The molecule has 1 heterocycles. The average Bonchev–Trinajstić information content (AvgIpc) is 2.97. The van der Waals surface area contributed by atoms with Gasteiger partial charge in [0, 0.05) is 36.0 Å². The van der Waals surface area contributed by atoms with Crippen molar-refractivity contribution >= 4 is 35.8 Å². The second kappa shape index (κ2) is 11.4. The average molecular weight is 408 g/mol. The lowest BCUT2D eigenvalue weighted by Crippen LogP contribution is -2.16. The summed E-state index contributed by atoms with van der Waals surface area (Å²) < 4.78 is 12.7. The number of nitrogens with one attached hydrogen (secondary N) is 1. The van der Waals surface area contributed by atoms with Gasteiger partial charge in [-0.05, 0) is 36.4 Å². The molecular weight excluding hydrogens is 385 g/mol. The van der Waals surface area contributed by atoms with Crippen LogP contribution in [0.1, 0.15) is 18.9 Å². The molecule has 0 radical (unpaired) electrons. The number of aryl methyl sites for hydroxylation is 1. The van der Waals surface area contributed by atoms with E-state index in [4.69, 9.17) is 21.1 Å². The van der Waals surface area contributed by atoms with Crippen molar-refractivity contribution in [2.24, 2.45) is 7.05 Å². The summed E-state index contributed by atoms with van der Waals surface area (Å²) in [6, 6.07) is 3.67. The van der Waals surface area contributed by atoms with Gasteiger partial charge in [0.15, 0.2) is 11.5 Å². The molecule has 0 spiro atoms. The highest BCUT2D eigenvalue weighted by atomic mass is 35.5. The van der Waals surface area contributed by atoms with Crippen molar-refractivity contribution in [2.75, 3.05) is 26.0 Å². The SMILES string of the molecule is CCOc1c(CNCCCSc2nnnn2C)cc(Cl)cc1OC.Cl. The van der Waals surface area contributed by atoms with Crippen LogP contribution in [-0.4, -0.2) is 46.2 Å². The highest BCUT2D eigenvalue weighted by Gasteiger charge is 2.12. The minimum atomic E-state index is 0. The zero-order chi connectivity index (χ0) is 17.4. The van der Waals surface area contributed by atoms with Crippen LogP contribution in [0, 0.1) is 0 Å². The third kappa shape index (κ3) is 6.54. The lowest BCUT2D eigenvalue weighted by Gasteiger charge is -2.15. The maximum absolute atomic E-state index is 6.15. The quantitative estimate of drug-likeness (QED) is 0.479. The van der Waals surface area contributed by atoms with Gasteiger partial charge < -0.3 is 14.8 Å². The van der Waals surface area contributed by atoms with Crippen molar-refractivity contribution in [3.8, 4) is 11.5 Å². The normalized spacial score (nSPS) is 10.4. The van der Waals surface area contributed by atoms with E-state index in [2.05, 4.69) is 20.8 Å². The monoisotopic (exact) mass is 407 g/mol. The Hall–Kier alpha value is -1.22. The van der Waals surface area contributed by atoms with Crippen molar-refractivity contribution in [3.63, 3.8) is 0 Å². The van der Waals surface area contributed by atoms with Crippen LogP contribution >= 0.6 is 35.8 Å². The highest BCUT2D eigenvalue weighted by molar-refractivity contribution is 7.99. The second-order valence-corrected chi connectivity index (χ2v) is 6.49. The Bertz CT molecular complexity index is 657. The molecule has 0 bridgehead atoms. The van der Waals surface area contributed by atoms with E-state index >= 15 is 0 Å². The van der Waals surface area contributed by atoms with Crippen molar-refractivity contribution in [2.45, 2.75) is 25.0 Å². The Labute approximate surface area is 163 Å². The maximum atomic E-state index is 6.15. The third-order valence-electron chi connectivity index (χ3n) is 3.23. The standard InChI is InChI=1S/C15H22ClN5O2S.ClH/c1-4-23-14-11(8-12(16)9-13(14)22-3)10-17-6-5-7-24-15-18-19-20-21(15)2;/h8-9,17H,4-7,10H2,1-3H3;1H. The lowest BCUT2D eigenvalue weighted by atomic mass is 10.1. The first-order valence-electron chi connectivity index (χ1n) is 7.70. The van der Waals surface area contributed by atoms with Gasteiger partial charge in [0.1, 0.15) is 0 Å². The molecule has 0 saturated carbocycles. The van der Waals surface area contributed by atoms with Gasteiger partial charge in [-0.25, -0.2) is 4.68 Å². The number of benzene rings is 1. The lowest BCUT2D eigenvalue weighted by molar-refractivity contribution is 0.307. The number of thioether (sulfide) groups is 1. The molecule has 1 aromatic heterocycles. The van der Waals surface area contributed by atoms with Gasteiger partial charge in [0.05, 0.1) is 13.7 Å². The molecule has 2 aromatic rings. The summed E-state index contributed by atoms with van der Waals surface area (Å²) in [5.41, 5.74) is 0.992. The van der Waals surface area contributed by atoms with Gasteiger partial charge in [-0.15, -0.1) is 17.5 Å². The summed E-state index contributed by atoms with van der Waals surface area (Å²) in [5, 5.41) is 16.2. The van der Waals surface area contributed by atoms with Crippen LogP contribution in [0.4, 0.5) is 0 Å². The van der Waals surface area contributed by atoms with Gasteiger partial charge in [-0.2, -0.15) is 0 Å². The van der Waals surface area contributed by atoms with Crippen LogP contribution in [0.25, 0.3) is 0 Å². The summed E-state index contributed by atoms with van der Waals surface area (Å²) in [5.74, 6) is 2.35. The van der Waals surface area contributed by atoms with E-state index in [1.54, 1.807) is 29.6 Å². The van der Waals surface area contributed by atoms with E-state index < -0.39 is 0 Å². The fourth-order valence-electron chi connectivity index (χ4n) is 2.14. The topological polar surface area (TPSA) is 74.1 Å². The van der Waals surface area contributed by atoms with Crippen LogP contribution < -0.4 is 14.8 Å². The number of tetrazole rings is 1. The predicted octanol–water partition coefficient (Wildman–Crippen LogP) is 2.96. The third-order valence-corrected chi connectivity index (χ3v) is 4.55. The molecule has 1 N–H and O–H groups in total. The molecule has 140 valence electrons. The van der Waals surface area contributed by atoms with Crippen LogP contribution in [0.5, 0.6) is 11.5 Å². The summed E-state index contributed by atoms with van der Waals surface area (Å²) in [6.45, 7) is 4.07. The van der Waals surface area contributed by atoms with E-state index in [0.717, 1.165) is 35.2 Å². The zero-order valence-electron chi connectivity index (χ0n) is 14.5. The predicted molar refractivity (Wildman–Crippen MR) is 102 cm³/mol. The number of hydrogen-bond acceptors (Lipinski definition) is 7. The fraction of sp³-hybridized carbons (Fsp3) is 0.533. The van der Waals surface area contributed by atoms with Gasteiger partial charge in [-0.1, -0.05) is 23.4 Å². The van der Waals surface area contributed by atoms with E-state index in [1.807, 2.05) is 20.0 Å². The molecule has 0 aliphatic rings. The molecule has 7 nitrogen and oxygen atoms in total. The molecule has 0 saturated heterocycles. The van der Waals surface area contributed by atoms with E-state index in [-0.39, 0.29) is 12.4 Å². The Morgan fingerprint density at radius 3 is 2.80 bits per heavy atom. The van der Waals surface area contributed by atoms with Crippen LogP contribution in [0.3, 0.4) is 0 Å². The summed E-state index contributed by atoms with van der Waals surface area (Å²) >= 11 is 7.79. The zero-order valence-corrected chi connectivity index (χ0v) is 16.9. The van der Waals surface area contributed by atoms with Gasteiger partial charge in [-0.3, -0.25) is 0 Å². The number of ether oxygens (including phenoxy) is 2. The number of rotatable bonds is 10. The van der Waals surface area contributed by atoms with Crippen LogP contribution in [0.2, 0.25) is 5.02 Å². The Morgan fingerprint density at radius 1 is 1.36 bits per heavy atom. The molecule has 0 aliphatic heterocycles. The molecule has 2 rings (SSSR count). The number of halogens is 2. The first-order valence-corrected chi connectivity index (χ1v) is 9.07. The summed E-state index contributed by atoms with van der Waals surface area (Å²) in [4.78, 5) is 0. The van der Waals surface area contributed by atoms with Gasteiger partial charge in [0.25, 0.3) is 0 Å². The van der Waals surface area contributed by atoms with Crippen LogP contribution in [0.15, 0.2) is 17.3 Å². The first-order chi connectivity index (χ1) is 11.7. The van der Waals surface area contributed by atoms with Gasteiger partial charge >= 0.3 is 0 Å². The largest absolute Gasteiger partial charge is 0.493 e. The molecule has 1 aromatic carbocycles. The van der Waals surface area contributed by atoms with Crippen molar-refractivity contribution in [3.05, 3.63) is 22.7 Å². The molecule has 0 aliphatic carbocycles. The van der Waals surface area contributed by atoms with Crippen molar-refractivity contribution < 1.29 is 9.47 Å². The number of nitrogens with zero attached hydrogens (tertiary/aromatic N) is 4. The summed E-state index contributed by atoms with van der Waals surface area (Å²) in [6.07, 6.45) is 0.999. The Morgan fingerprint density at radius 2 is 2.16 bits per heavy atom. The molecule has 10 heteroatoms. The first kappa shape index (κ1) is 21.8. The number of methoxy groups -OCH3 is 1. The van der Waals surface area contributed by atoms with E-state index in [0.29, 0.717) is 23.9 Å². The highest BCUT2D eigenvalue weighted by Crippen LogP contribution is 2.34. The maximum Gasteiger partial charge on any atom is 0.209 e. The minimum absolute atomic E-state index is 0.